The number of nitrogens with one attached hydrogen (secondary N) is 2. The molecule has 4 amide bonds. The lowest BCUT2D eigenvalue weighted by Crippen LogP contribution is -2.49. The highest BCUT2D eigenvalue weighted by Crippen LogP contribution is 2.36. The lowest BCUT2D eigenvalue weighted by molar-refractivity contribution is -0.138. The number of ether oxygens (including phenoxy) is 1. The van der Waals surface area contributed by atoms with Crippen LogP contribution in [0.1, 0.15) is 85.4 Å². The largest absolute Gasteiger partial charge is 0.490 e. The number of halogens is 4. The van der Waals surface area contributed by atoms with Crippen molar-refractivity contribution in [1.29, 1.82) is 5.26 Å². The summed E-state index contributed by atoms with van der Waals surface area (Å²) in [5, 5.41) is 24.1. The van der Waals surface area contributed by atoms with Gasteiger partial charge in [0.25, 0.3) is 5.91 Å². The van der Waals surface area contributed by atoms with Crippen molar-refractivity contribution < 1.29 is 32.3 Å². The molecule has 4 aliphatic rings. The van der Waals surface area contributed by atoms with Crippen molar-refractivity contribution in [3.63, 3.8) is 0 Å². The number of fused-ring (bicyclic) bond motifs is 1. The topological polar surface area (TPSA) is 149 Å². The fraction of sp³-hybridized carbons (Fsp3) is 0.476. The van der Waals surface area contributed by atoms with Gasteiger partial charge in [-0.25, -0.2) is 4.79 Å². The predicted molar refractivity (Wildman–Crippen MR) is 217 cm³/mol. The summed E-state index contributed by atoms with van der Waals surface area (Å²) in [6.45, 7) is 5.22. The third kappa shape index (κ3) is 9.42. The van der Waals surface area contributed by atoms with Crippen molar-refractivity contribution in [2.75, 3.05) is 49.1 Å². The maximum Gasteiger partial charge on any atom is 0.417 e. The Hall–Kier alpha value is -5.40. The van der Waals surface area contributed by atoms with Crippen LogP contribution in [0.4, 0.5) is 29.5 Å². The third-order valence-electron chi connectivity index (χ3n) is 12.1. The van der Waals surface area contributed by atoms with Crippen LogP contribution in [0.25, 0.3) is 10.9 Å². The van der Waals surface area contributed by atoms with E-state index in [1.807, 2.05) is 18.2 Å². The molecule has 0 unspecified atom stereocenters. The van der Waals surface area contributed by atoms with Crippen LogP contribution < -0.4 is 25.2 Å². The van der Waals surface area contributed by atoms with Crippen LogP contribution in [0.3, 0.4) is 0 Å². The Balaban J connectivity index is 0.00000528. The molecule has 312 valence electrons. The number of nitrogens with zero attached hydrogens (tertiary/aromatic N) is 7. The normalized spacial score (nSPS) is 21.1. The average Bonchev–Trinajstić information content (AvgIpc) is 3.67. The third-order valence-corrected chi connectivity index (χ3v) is 12.1. The fourth-order valence-electron chi connectivity index (χ4n) is 8.93. The smallest absolute Gasteiger partial charge is 0.417 e. The number of carbonyl (C=O) groups is 3. The van der Waals surface area contributed by atoms with Gasteiger partial charge in [0.05, 0.1) is 34.5 Å². The standard InChI is InChI=1S/C42H46F3N9O4.ClH/c43-42(44,45)34-24-32(7-4-28(34)25-46)58-31-8-5-29(6-9-31)47-40(56)35-10-11-38(50-49-35)52-20-12-27(13-21-52)26-51-18-14-30(15-19-51)53-22-16-33-36(53)2-1-3-37(33)54-23-17-39(55)48-41(54)57;/h1-4,7,10-11,16,22,24,27,29-31H,5-6,8-9,12-15,17-21,23,26H2,(H,47,56)(H,48,55,57);1H/t29-,31-;. The molecule has 0 atom stereocenters. The van der Waals surface area contributed by atoms with E-state index < -0.39 is 17.3 Å². The molecule has 59 heavy (non-hydrogen) atoms. The van der Waals surface area contributed by atoms with E-state index in [-0.39, 0.29) is 53.8 Å². The molecule has 0 bridgehead atoms. The monoisotopic (exact) mass is 833 g/mol. The Labute approximate surface area is 346 Å². The van der Waals surface area contributed by atoms with Gasteiger partial charge in [0.15, 0.2) is 11.5 Å². The van der Waals surface area contributed by atoms with Gasteiger partial charge < -0.3 is 24.4 Å². The lowest BCUT2D eigenvalue weighted by Gasteiger charge is -2.38. The Kier molecular flexibility index (Phi) is 12.6. The number of hydrogen-bond acceptors (Lipinski definition) is 9. The second-order valence-corrected chi connectivity index (χ2v) is 15.8. The van der Waals surface area contributed by atoms with E-state index in [0.717, 1.165) is 92.9 Å². The van der Waals surface area contributed by atoms with Crippen LogP contribution in [-0.2, 0) is 11.0 Å². The second kappa shape index (κ2) is 17.8. The number of nitriles is 1. The van der Waals surface area contributed by atoms with E-state index >= 15 is 0 Å². The van der Waals surface area contributed by atoms with E-state index in [0.29, 0.717) is 50.6 Å². The van der Waals surface area contributed by atoms with Gasteiger partial charge in [-0.1, -0.05) is 6.07 Å². The molecule has 1 saturated carbocycles. The highest BCUT2D eigenvalue weighted by atomic mass is 35.5. The summed E-state index contributed by atoms with van der Waals surface area (Å²) in [4.78, 5) is 43.7. The van der Waals surface area contributed by atoms with E-state index in [4.69, 9.17) is 10.00 Å². The van der Waals surface area contributed by atoms with Gasteiger partial charge in [-0.15, -0.1) is 22.6 Å². The quantitative estimate of drug-likeness (QED) is 0.185. The van der Waals surface area contributed by atoms with Gasteiger partial charge in [0.1, 0.15) is 5.75 Å². The van der Waals surface area contributed by atoms with Crippen LogP contribution >= 0.6 is 12.4 Å². The zero-order valence-corrected chi connectivity index (χ0v) is 33.3. The lowest BCUT2D eigenvalue weighted by atomic mass is 9.92. The molecule has 0 spiro atoms. The van der Waals surface area contributed by atoms with Gasteiger partial charge >= 0.3 is 12.2 Å². The molecule has 2 aromatic heterocycles. The number of piperidine rings is 2. The number of aromatic nitrogens is 3. The number of hydrogen-bond donors (Lipinski definition) is 2. The van der Waals surface area contributed by atoms with Crippen LogP contribution in [-0.4, -0.2) is 88.9 Å². The summed E-state index contributed by atoms with van der Waals surface area (Å²) in [7, 11) is 0. The number of imide groups is 1. The first-order valence-electron chi connectivity index (χ1n) is 20.1. The highest BCUT2D eigenvalue weighted by molar-refractivity contribution is 6.09. The van der Waals surface area contributed by atoms with Gasteiger partial charge in [0.2, 0.25) is 5.91 Å². The Morgan fingerprint density at radius 2 is 1.68 bits per heavy atom. The number of amides is 4. The molecule has 4 aromatic rings. The van der Waals surface area contributed by atoms with Crippen LogP contribution in [0, 0.1) is 17.2 Å². The summed E-state index contributed by atoms with van der Waals surface area (Å²) in [5.74, 6) is 0.860. The summed E-state index contributed by atoms with van der Waals surface area (Å²) in [6.07, 6.45) is 4.00. The van der Waals surface area contributed by atoms with Gasteiger partial charge in [-0.05, 0) is 106 Å². The molecule has 17 heteroatoms. The summed E-state index contributed by atoms with van der Waals surface area (Å²) >= 11 is 0. The second-order valence-electron chi connectivity index (χ2n) is 15.8. The summed E-state index contributed by atoms with van der Waals surface area (Å²) in [5.41, 5.74) is 0.714. The van der Waals surface area contributed by atoms with E-state index in [9.17, 15) is 27.6 Å². The number of alkyl halides is 3. The fourth-order valence-corrected chi connectivity index (χ4v) is 8.93. The Morgan fingerprint density at radius 1 is 0.915 bits per heavy atom. The first kappa shape index (κ1) is 41.7. The van der Waals surface area contributed by atoms with Crippen LogP contribution in [0.2, 0.25) is 0 Å². The molecule has 2 aromatic carbocycles. The number of likely N-dealkylation sites (tertiary alicyclic amines) is 1. The maximum absolute atomic E-state index is 13.4. The number of urea groups is 1. The molecule has 2 N–H and O–H groups in total. The van der Waals surface area contributed by atoms with Crippen LogP contribution in [0.15, 0.2) is 60.8 Å². The molecule has 8 rings (SSSR count). The van der Waals surface area contributed by atoms with E-state index in [2.05, 4.69) is 53.5 Å². The zero-order valence-electron chi connectivity index (χ0n) is 32.5. The van der Waals surface area contributed by atoms with E-state index in [1.54, 1.807) is 17.0 Å². The Morgan fingerprint density at radius 3 is 2.36 bits per heavy atom. The minimum atomic E-state index is -4.65. The SMILES string of the molecule is Cl.N#Cc1ccc(O[C@H]2CC[C@H](NC(=O)c3ccc(N4CCC(CN5CCC(n6ccc7c(N8CCC(=O)NC8=O)cccc76)CC5)CC4)nn3)CC2)cc1C(F)(F)F. The molecule has 1 aliphatic carbocycles. The van der Waals surface area contributed by atoms with Gasteiger partial charge in [0, 0.05) is 69.4 Å². The number of anilines is 2. The zero-order chi connectivity index (χ0) is 40.4. The molecule has 13 nitrogen and oxygen atoms in total. The van der Waals surface area contributed by atoms with Crippen molar-refractivity contribution in [2.45, 2.75) is 82.2 Å². The van der Waals surface area contributed by atoms with Crippen LogP contribution in [0.5, 0.6) is 5.75 Å². The molecule has 0 radical (unpaired) electrons. The molecular weight excluding hydrogens is 787 g/mol. The predicted octanol–water partition coefficient (Wildman–Crippen LogP) is 6.86. The summed E-state index contributed by atoms with van der Waals surface area (Å²) < 4.78 is 48.3. The minimum absolute atomic E-state index is 0. The van der Waals surface area contributed by atoms with Crippen molar-refractivity contribution >= 4 is 52.7 Å². The van der Waals surface area contributed by atoms with Crippen molar-refractivity contribution in [3.8, 4) is 11.8 Å². The van der Waals surface area contributed by atoms with Crippen molar-refractivity contribution in [2.24, 2.45) is 5.92 Å². The molecule has 3 saturated heterocycles. The maximum atomic E-state index is 13.4. The molecule has 3 aliphatic heterocycles. The van der Waals surface area contributed by atoms with Crippen molar-refractivity contribution in [1.82, 2.24) is 30.3 Å². The van der Waals surface area contributed by atoms with Gasteiger partial charge in [-0.3, -0.25) is 19.8 Å². The molecular formula is C42H47ClF3N9O4. The average molecular weight is 834 g/mol. The highest BCUT2D eigenvalue weighted by Gasteiger charge is 2.35. The first-order valence-corrected chi connectivity index (χ1v) is 20.1. The molecule has 4 fully saturated rings. The number of benzene rings is 2. The Bertz CT molecular complexity index is 2190. The van der Waals surface area contributed by atoms with E-state index in [1.165, 1.54) is 6.07 Å². The first-order chi connectivity index (χ1) is 28.0. The molecule has 5 heterocycles. The van der Waals surface area contributed by atoms with Gasteiger partial charge in [-0.2, -0.15) is 18.4 Å². The summed E-state index contributed by atoms with van der Waals surface area (Å²) in [6, 6.07) is 16.5. The van der Waals surface area contributed by atoms with Crippen molar-refractivity contribution in [3.05, 3.63) is 77.6 Å². The number of rotatable bonds is 9. The minimum Gasteiger partial charge on any atom is -0.490 e. The number of carbonyl (C=O) groups excluding carboxylic acids is 3.